The van der Waals surface area contributed by atoms with E-state index in [-0.39, 0.29) is 11.4 Å². The molecule has 3 atom stereocenters. The summed E-state index contributed by atoms with van der Waals surface area (Å²) >= 11 is 0. The van der Waals surface area contributed by atoms with Gasteiger partial charge in [-0.15, -0.1) is 0 Å². The quantitative estimate of drug-likeness (QED) is 0.521. The van der Waals surface area contributed by atoms with Gasteiger partial charge in [-0.3, -0.25) is 4.79 Å². The molecular formula is C25H30NO4-. The van der Waals surface area contributed by atoms with Crippen molar-refractivity contribution in [3.8, 4) is 5.75 Å². The number of benzene rings is 2. The summed E-state index contributed by atoms with van der Waals surface area (Å²) < 4.78 is 5.26. The Balaban J connectivity index is 1.68. The monoisotopic (exact) mass is 408 g/mol. The van der Waals surface area contributed by atoms with Crippen molar-refractivity contribution >= 4 is 11.9 Å². The van der Waals surface area contributed by atoms with Crippen LogP contribution in [0.5, 0.6) is 5.75 Å². The van der Waals surface area contributed by atoms with Gasteiger partial charge in [0.05, 0.1) is 0 Å². The maximum atomic E-state index is 11.8. The van der Waals surface area contributed by atoms with E-state index in [9.17, 15) is 14.7 Å². The first kappa shape index (κ1) is 22.0. The van der Waals surface area contributed by atoms with Crippen molar-refractivity contribution in [2.24, 2.45) is 11.8 Å². The van der Waals surface area contributed by atoms with Crippen molar-refractivity contribution in [3.05, 3.63) is 65.7 Å². The van der Waals surface area contributed by atoms with Gasteiger partial charge in [0, 0.05) is 31.9 Å². The predicted molar refractivity (Wildman–Crippen MR) is 114 cm³/mol. The van der Waals surface area contributed by atoms with Gasteiger partial charge in [-0.05, 0) is 54.0 Å². The van der Waals surface area contributed by atoms with E-state index < -0.39 is 11.9 Å². The van der Waals surface area contributed by atoms with Crippen LogP contribution < -0.4 is 9.84 Å². The average molecular weight is 409 g/mol. The van der Waals surface area contributed by atoms with Gasteiger partial charge < -0.3 is 19.5 Å². The standard InChI is InChI=1S/C25H31NO4/c1-18-16-26(17-21(24(28)29)14-20-8-5-4-6-9-20)13-12-25(18,3)22-10-7-11-23(15-22)30-19(2)27/h4-11,15,18,21H,12-14,16-17H2,1-3H3,(H,28,29)/p-1/t18-,21-,25+/m0/s1. The lowest BCUT2D eigenvalue weighted by molar-refractivity contribution is -0.312. The first-order chi connectivity index (χ1) is 14.3. The van der Waals surface area contributed by atoms with Crippen LogP contribution in [0, 0.1) is 11.8 Å². The summed E-state index contributed by atoms with van der Waals surface area (Å²) in [5.41, 5.74) is 2.10. The highest BCUT2D eigenvalue weighted by atomic mass is 16.5. The smallest absolute Gasteiger partial charge is 0.308 e. The summed E-state index contributed by atoms with van der Waals surface area (Å²) in [7, 11) is 0. The zero-order valence-electron chi connectivity index (χ0n) is 18.0. The van der Waals surface area contributed by atoms with E-state index in [2.05, 4.69) is 24.8 Å². The minimum atomic E-state index is -0.992. The van der Waals surface area contributed by atoms with Gasteiger partial charge in [-0.25, -0.2) is 0 Å². The lowest BCUT2D eigenvalue weighted by Gasteiger charge is -2.46. The van der Waals surface area contributed by atoms with Crippen LogP contribution in [0.1, 0.15) is 38.3 Å². The molecule has 1 fully saturated rings. The third-order valence-corrected chi connectivity index (χ3v) is 6.46. The van der Waals surface area contributed by atoms with E-state index in [0.29, 0.717) is 24.6 Å². The topological polar surface area (TPSA) is 69.7 Å². The van der Waals surface area contributed by atoms with Crippen LogP contribution in [0.2, 0.25) is 0 Å². The number of carboxylic acids is 1. The molecule has 0 unspecified atom stereocenters. The highest BCUT2D eigenvalue weighted by molar-refractivity contribution is 5.69. The Morgan fingerprint density at radius 2 is 1.93 bits per heavy atom. The fourth-order valence-electron chi connectivity index (χ4n) is 4.43. The number of nitrogens with zero attached hydrogens (tertiary/aromatic N) is 1. The molecule has 1 aliphatic heterocycles. The number of hydrogen-bond acceptors (Lipinski definition) is 5. The highest BCUT2D eigenvalue weighted by Crippen LogP contribution is 2.40. The summed E-state index contributed by atoms with van der Waals surface area (Å²) in [5, 5.41) is 11.8. The molecule has 2 aromatic rings. The van der Waals surface area contributed by atoms with Crippen LogP contribution in [0.3, 0.4) is 0 Å². The second kappa shape index (κ2) is 9.43. The van der Waals surface area contributed by atoms with E-state index in [4.69, 9.17) is 4.74 Å². The van der Waals surface area contributed by atoms with Gasteiger partial charge in [-0.2, -0.15) is 0 Å². The zero-order chi connectivity index (χ0) is 21.7. The number of rotatable bonds is 7. The van der Waals surface area contributed by atoms with E-state index >= 15 is 0 Å². The van der Waals surface area contributed by atoms with Crippen molar-refractivity contribution in [2.75, 3.05) is 19.6 Å². The molecular weight excluding hydrogens is 378 g/mol. The van der Waals surface area contributed by atoms with Crippen LogP contribution in [0.4, 0.5) is 0 Å². The number of hydrogen-bond donors (Lipinski definition) is 0. The molecule has 5 nitrogen and oxygen atoms in total. The van der Waals surface area contributed by atoms with Gasteiger partial charge in [0.25, 0.3) is 0 Å². The molecule has 30 heavy (non-hydrogen) atoms. The van der Waals surface area contributed by atoms with Crippen LogP contribution in [0.25, 0.3) is 0 Å². The number of ether oxygens (including phenoxy) is 1. The number of piperidine rings is 1. The molecule has 0 bridgehead atoms. The average Bonchev–Trinajstić information content (AvgIpc) is 2.71. The Bertz CT molecular complexity index is 882. The molecule has 0 amide bonds. The molecule has 5 heteroatoms. The van der Waals surface area contributed by atoms with E-state index in [1.54, 1.807) is 6.07 Å². The van der Waals surface area contributed by atoms with Crippen LogP contribution >= 0.6 is 0 Å². The summed E-state index contributed by atoms with van der Waals surface area (Å²) in [6.45, 7) is 7.96. The maximum Gasteiger partial charge on any atom is 0.308 e. The van der Waals surface area contributed by atoms with Crippen LogP contribution in [-0.4, -0.2) is 36.5 Å². The summed E-state index contributed by atoms with van der Waals surface area (Å²) in [5.74, 6) is -0.967. The fourth-order valence-corrected chi connectivity index (χ4v) is 4.43. The van der Waals surface area contributed by atoms with Crippen molar-refractivity contribution < 1.29 is 19.4 Å². The molecule has 2 aromatic carbocycles. The minimum Gasteiger partial charge on any atom is -0.550 e. The molecule has 0 radical (unpaired) electrons. The number of likely N-dealkylation sites (tertiary alicyclic amines) is 1. The molecule has 1 heterocycles. The second-order valence-corrected chi connectivity index (χ2v) is 8.66. The highest BCUT2D eigenvalue weighted by Gasteiger charge is 2.38. The van der Waals surface area contributed by atoms with Crippen LogP contribution in [-0.2, 0) is 21.4 Å². The van der Waals surface area contributed by atoms with Crippen molar-refractivity contribution in [1.29, 1.82) is 0 Å². The Kier molecular flexibility index (Phi) is 6.93. The lowest BCUT2D eigenvalue weighted by atomic mass is 9.68. The molecule has 0 spiro atoms. The lowest BCUT2D eigenvalue weighted by Crippen LogP contribution is -2.50. The van der Waals surface area contributed by atoms with E-state index in [1.807, 2.05) is 42.5 Å². The summed E-state index contributed by atoms with van der Waals surface area (Å²) in [6.07, 6.45) is 1.39. The van der Waals surface area contributed by atoms with Gasteiger partial charge in [0.2, 0.25) is 0 Å². The van der Waals surface area contributed by atoms with Crippen molar-refractivity contribution in [3.63, 3.8) is 0 Å². The van der Waals surface area contributed by atoms with E-state index in [0.717, 1.165) is 30.6 Å². The number of carbonyl (C=O) groups excluding carboxylic acids is 2. The summed E-state index contributed by atoms with van der Waals surface area (Å²) in [4.78, 5) is 25.3. The molecule has 0 aromatic heterocycles. The first-order valence-corrected chi connectivity index (χ1v) is 10.5. The first-order valence-electron chi connectivity index (χ1n) is 10.5. The molecule has 1 saturated heterocycles. The molecule has 0 saturated carbocycles. The van der Waals surface area contributed by atoms with Crippen LogP contribution in [0.15, 0.2) is 54.6 Å². The number of aliphatic carboxylic acids is 1. The minimum absolute atomic E-state index is 0.0664. The molecule has 0 N–H and O–H groups in total. The van der Waals surface area contributed by atoms with Crippen molar-refractivity contribution in [1.82, 2.24) is 4.90 Å². The number of carbonyl (C=O) groups is 2. The Morgan fingerprint density at radius 1 is 1.20 bits per heavy atom. The van der Waals surface area contributed by atoms with Gasteiger partial charge in [0.1, 0.15) is 5.75 Å². The normalized spacial score (nSPS) is 23.0. The molecule has 0 aliphatic carbocycles. The SMILES string of the molecule is CC(=O)Oc1cccc([C@]2(C)CCN(C[C@H](Cc3ccccc3)C(=O)[O-])C[C@@H]2C)c1. The molecule has 160 valence electrons. The third-order valence-electron chi connectivity index (χ3n) is 6.46. The maximum absolute atomic E-state index is 11.8. The van der Waals surface area contributed by atoms with E-state index in [1.165, 1.54) is 6.92 Å². The van der Waals surface area contributed by atoms with Gasteiger partial charge in [-0.1, -0.05) is 56.3 Å². The number of carboxylic acid groups (broad SMARTS) is 1. The fraction of sp³-hybridized carbons (Fsp3) is 0.440. The van der Waals surface area contributed by atoms with Gasteiger partial charge in [0.15, 0.2) is 0 Å². The largest absolute Gasteiger partial charge is 0.550 e. The molecule has 1 aliphatic rings. The Hall–Kier alpha value is -2.66. The molecule has 3 rings (SSSR count). The predicted octanol–water partition coefficient (Wildman–Crippen LogP) is 2.82. The van der Waals surface area contributed by atoms with Gasteiger partial charge >= 0.3 is 5.97 Å². The zero-order valence-corrected chi connectivity index (χ0v) is 18.0. The third kappa shape index (κ3) is 5.28. The Morgan fingerprint density at radius 3 is 2.57 bits per heavy atom. The Labute approximate surface area is 178 Å². The summed E-state index contributed by atoms with van der Waals surface area (Å²) in [6, 6.07) is 17.5. The van der Waals surface area contributed by atoms with Crippen molar-refractivity contribution in [2.45, 2.75) is 39.0 Å². The number of esters is 1. The second-order valence-electron chi connectivity index (χ2n) is 8.66.